The number of nitrogens with two attached hydrogens (primary N) is 1. The van der Waals surface area contributed by atoms with Gasteiger partial charge in [0.15, 0.2) is 5.13 Å². The number of nitrogen functional groups attached to an aromatic ring is 1. The van der Waals surface area contributed by atoms with Crippen molar-refractivity contribution >= 4 is 49.8 Å². The molecule has 5 nitrogen and oxygen atoms in total. The number of benzene rings is 1. The molecule has 2 rings (SSSR count). The highest BCUT2D eigenvalue weighted by atomic mass is 79.9. The lowest BCUT2D eigenvalue weighted by molar-refractivity contribution is 0.103. The molecular weight excluding hydrogens is 347 g/mol. The Morgan fingerprint density at radius 3 is 2.75 bits per heavy atom. The average molecular weight is 359 g/mol. The van der Waals surface area contributed by atoms with Gasteiger partial charge in [0.25, 0.3) is 5.91 Å². The van der Waals surface area contributed by atoms with Gasteiger partial charge in [-0.3, -0.25) is 4.79 Å². The number of carbonyl (C=O) groups excluding carboxylic acids is 1. The lowest BCUT2D eigenvalue weighted by Gasteiger charge is -2.05. The minimum atomic E-state index is -0.450. The van der Waals surface area contributed by atoms with Gasteiger partial charge in [0, 0.05) is 19.8 Å². The van der Waals surface area contributed by atoms with Crippen molar-refractivity contribution in [3.05, 3.63) is 33.4 Å². The molecule has 0 saturated carbocycles. The SMILES string of the molecule is CN(C)c1nc(N)c(C(=O)Nc2ccc(Br)c(F)c2)s1. The fraction of sp³-hybridized carbons (Fsp3) is 0.167. The smallest absolute Gasteiger partial charge is 0.269 e. The van der Waals surface area contributed by atoms with Crippen LogP contribution in [0.1, 0.15) is 9.67 Å². The van der Waals surface area contributed by atoms with Crippen LogP contribution in [-0.2, 0) is 0 Å². The van der Waals surface area contributed by atoms with Crippen LogP contribution in [0.25, 0.3) is 0 Å². The molecule has 20 heavy (non-hydrogen) atoms. The summed E-state index contributed by atoms with van der Waals surface area (Å²) < 4.78 is 13.7. The Bertz CT molecular complexity index is 659. The van der Waals surface area contributed by atoms with E-state index in [9.17, 15) is 9.18 Å². The molecular formula is C12H12BrFN4OS. The van der Waals surface area contributed by atoms with Crippen molar-refractivity contribution in [1.82, 2.24) is 4.98 Å². The average Bonchev–Trinajstić information content (AvgIpc) is 2.76. The number of thiazole rings is 1. The highest BCUT2D eigenvalue weighted by molar-refractivity contribution is 9.10. The van der Waals surface area contributed by atoms with Crippen LogP contribution in [-0.4, -0.2) is 25.0 Å². The Morgan fingerprint density at radius 2 is 2.20 bits per heavy atom. The Hall–Kier alpha value is -1.67. The lowest BCUT2D eigenvalue weighted by Crippen LogP contribution is -2.12. The molecule has 0 bridgehead atoms. The second-order valence-electron chi connectivity index (χ2n) is 4.19. The maximum Gasteiger partial charge on any atom is 0.269 e. The van der Waals surface area contributed by atoms with Crippen LogP contribution in [0.15, 0.2) is 22.7 Å². The molecule has 1 aromatic heterocycles. The molecule has 0 aliphatic heterocycles. The van der Waals surface area contributed by atoms with Crippen LogP contribution in [0.4, 0.5) is 21.0 Å². The van der Waals surface area contributed by atoms with Crippen LogP contribution in [0.2, 0.25) is 0 Å². The van der Waals surface area contributed by atoms with Gasteiger partial charge in [-0.2, -0.15) is 0 Å². The Balaban J connectivity index is 2.21. The second-order valence-corrected chi connectivity index (χ2v) is 6.02. The minimum Gasteiger partial charge on any atom is -0.382 e. The van der Waals surface area contributed by atoms with Crippen molar-refractivity contribution < 1.29 is 9.18 Å². The summed E-state index contributed by atoms with van der Waals surface area (Å²) in [5.74, 6) is -0.697. The maximum atomic E-state index is 13.4. The van der Waals surface area contributed by atoms with E-state index in [1.165, 1.54) is 23.5 Å². The van der Waals surface area contributed by atoms with Gasteiger partial charge < -0.3 is 16.0 Å². The fourth-order valence-electron chi connectivity index (χ4n) is 1.44. The normalized spacial score (nSPS) is 10.4. The third-order valence-electron chi connectivity index (χ3n) is 2.41. The molecule has 8 heteroatoms. The number of amides is 1. The molecule has 0 saturated heterocycles. The Morgan fingerprint density at radius 1 is 1.50 bits per heavy atom. The quantitative estimate of drug-likeness (QED) is 0.884. The first-order chi connectivity index (χ1) is 9.38. The number of halogens is 2. The van der Waals surface area contributed by atoms with Crippen molar-refractivity contribution in [3.63, 3.8) is 0 Å². The molecule has 1 aromatic carbocycles. The van der Waals surface area contributed by atoms with Gasteiger partial charge >= 0.3 is 0 Å². The van der Waals surface area contributed by atoms with Gasteiger partial charge in [0.05, 0.1) is 4.47 Å². The monoisotopic (exact) mass is 358 g/mol. The zero-order valence-electron chi connectivity index (χ0n) is 10.8. The number of nitrogens with zero attached hydrogens (tertiary/aromatic N) is 2. The molecule has 106 valence electrons. The predicted molar refractivity (Wildman–Crippen MR) is 82.9 cm³/mol. The zero-order valence-corrected chi connectivity index (χ0v) is 13.2. The number of carbonyl (C=O) groups is 1. The van der Waals surface area contributed by atoms with Gasteiger partial charge in [-0.25, -0.2) is 9.37 Å². The standard InChI is InChI=1S/C12H12BrFN4OS/c1-18(2)12-17-10(15)9(20-12)11(19)16-6-3-4-7(13)8(14)5-6/h3-5H,15H2,1-2H3,(H,16,19). The topological polar surface area (TPSA) is 71.2 Å². The Kier molecular flexibility index (Phi) is 4.24. The summed E-state index contributed by atoms with van der Waals surface area (Å²) in [5.41, 5.74) is 6.07. The van der Waals surface area contributed by atoms with Crippen LogP contribution in [0.3, 0.4) is 0 Å². The van der Waals surface area contributed by atoms with E-state index >= 15 is 0 Å². The first-order valence-corrected chi connectivity index (χ1v) is 7.19. The number of aromatic nitrogens is 1. The van der Waals surface area contributed by atoms with Gasteiger partial charge in [-0.1, -0.05) is 11.3 Å². The highest BCUT2D eigenvalue weighted by Crippen LogP contribution is 2.28. The van der Waals surface area contributed by atoms with Gasteiger partial charge in [-0.05, 0) is 34.1 Å². The summed E-state index contributed by atoms with van der Waals surface area (Å²) in [7, 11) is 3.62. The molecule has 1 amide bonds. The van der Waals surface area contributed by atoms with Gasteiger partial charge in [-0.15, -0.1) is 0 Å². The molecule has 0 fully saturated rings. The van der Waals surface area contributed by atoms with Crippen molar-refractivity contribution in [1.29, 1.82) is 0 Å². The molecule has 0 radical (unpaired) electrons. The largest absolute Gasteiger partial charge is 0.382 e. The summed E-state index contributed by atoms with van der Waals surface area (Å²) in [5, 5.41) is 3.23. The summed E-state index contributed by atoms with van der Waals surface area (Å²) in [6.45, 7) is 0. The van der Waals surface area contributed by atoms with Crippen LogP contribution < -0.4 is 16.0 Å². The van der Waals surface area contributed by atoms with E-state index in [1.807, 2.05) is 14.1 Å². The summed E-state index contributed by atoms with van der Waals surface area (Å²) in [4.78, 5) is 18.2. The van der Waals surface area contributed by atoms with Gasteiger partial charge in [0.2, 0.25) is 0 Å². The van der Waals surface area contributed by atoms with E-state index < -0.39 is 11.7 Å². The van der Waals surface area contributed by atoms with E-state index in [-0.39, 0.29) is 5.82 Å². The zero-order chi connectivity index (χ0) is 14.9. The van der Waals surface area contributed by atoms with E-state index in [0.29, 0.717) is 20.2 Å². The molecule has 2 aromatic rings. The first kappa shape index (κ1) is 14.7. The molecule has 0 aliphatic rings. The van der Waals surface area contributed by atoms with Crippen molar-refractivity contribution in [2.24, 2.45) is 0 Å². The fourth-order valence-corrected chi connectivity index (χ4v) is 2.49. The first-order valence-electron chi connectivity index (χ1n) is 5.58. The molecule has 1 heterocycles. The third kappa shape index (κ3) is 3.07. The Labute approximate surface area is 127 Å². The summed E-state index contributed by atoms with van der Waals surface area (Å²) in [6, 6.07) is 4.34. The van der Waals surface area contributed by atoms with E-state index in [4.69, 9.17) is 5.73 Å². The van der Waals surface area contributed by atoms with Crippen LogP contribution >= 0.6 is 27.3 Å². The lowest BCUT2D eigenvalue weighted by atomic mass is 10.3. The van der Waals surface area contributed by atoms with Gasteiger partial charge in [0.1, 0.15) is 16.5 Å². The molecule has 0 atom stereocenters. The third-order valence-corrected chi connectivity index (χ3v) is 4.29. The van der Waals surface area contributed by atoms with Crippen molar-refractivity contribution in [2.45, 2.75) is 0 Å². The summed E-state index contributed by atoms with van der Waals surface area (Å²) >= 11 is 4.23. The number of nitrogens with one attached hydrogen (secondary N) is 1. The molecule has 0 spiro atoms. The summed E-state index contributed by atoms with van der Waals surface area (Å²) in [6.07, 6.45) is 0. The molecule has 3 N–H and O–H groups in total. The van der Waals surface area contributed by atoms with Crippen LogP contribution in [0.5, 0.6) is 0 Å². The second kappa shape index (κ2) is 5.76. The highest BCUT2D eigenvalue weighted by Gasteiger charge is 2.17. The maximum absolute atomic E-state index is 13.4. The number of anilines is 3. The predicted octanol–water partition coefficient (Wildman–Crippen LogP) is 2.95. The minimum absolute atomic E-state index is 0.161. The van der Waals surface area contributed by atoms with E-state index in [2.05, 4.69) is 26.2 Å². The van der Waals surface area contributed by atoms with Crippen molar-refractivity contribution in [2.75, 3.05) is 30.0 Å². The van der Waals surface area contributed by atoms with E-state index in [1.54, 1.807) is 11.0 Å². The molecule has 0 aliphatic carbocycles. The number of hydrogen-bond donors (Lipinski definition) is 2. The van der Waals surface area contributed by atoms with Crippen LogP contribution in [0, 0.1) is 5.82 Å². The van der Waals surface area contributed by atoms with Crippen molar-refractivity contribution in [3.8, 4) is 0 Å². The van der Waals surface area contributed by atoms with E-state index in [0.717, 1.165) is 0 Å². The number of hydrogen-bond acceptors (Lipinski definition) is 5. The molecule has 0 unspecified atom stereocenters. The number of rotatable bonds is 3.